The molecule has 140 valence electrons. The SMILES string of the molecule is O=C(NN=Cc1ccc(Cl)cc1Cl)C1CC1(c1ccccc1)c1ccccc1. The minimum absolute atomic E-state index is 0.103. The van der Waals surface area contributed by atoms with Crippen LogP contribution in [0, 0.1) is 5.92 Å². The van der Waals surface area contributed by atoms with Crippen LogP contribution in [0.4, 0.5) is 0 Å². The lowest BCUT2D eigenvalue weighted by atomic mass is 9.85. The molecule has 1 fully saturated rings. The molecule has 0 aliphatic heterocycles. The fraction of sp³-hybridized carbons (Fsp3) is 0.130. The quantitative estimate of drug-likeness (QED) is 0.442. The summed E-state index contributed by atoms with van der Waals surface area (Å²) in [4.78, 5) is 12.8. The lowest BCUT2D eigenvalue weighted by Crippen LogP contribution is -2.25. The van der Waals surface area contributed by atoms with Crippen molar-refractivity contribution in [3.8, 4) is 0 Å². The molecule has 1 unspecified atom stereocenters. The van der Waals surface area contributed by atoms with Crippen LogP contribution in [0.15, 0.2) is 84.0 Å². The van der Waals surface area contributed by atoms with Crippen LogP contribution in [0.1, 0.15) is 23.1 Å². The molecule has 1 aliphatic rings. The van der Waals surface area contributed by atoms with E-state index in [0.717, 1.165) is 17.5 Å². The van der Waals surface area contributed by atoms with Crippen molar-refractivity contribution in [2.75, 3.05) is 0 Å². The average Bonchev–Trinajstić information content (AvgIpc) is 3.48. The second kappa shape index (κ2) is 7.78. The van der Waals surface area contributed by atoms with E-state index in [1.54, 1.807) is 18.2 Å². The predicted molar refractivity (Wildman–Crippen MR) is 114 cm³/mol. The largest absolute Gasteiger partial charge is 0.273 e. The van der Waals surface area contributed by atoms with Gasteiger partial charge < -0.3 is 0 Å². The fourth-order valence-corrected chi connectivity index (χ4v) is 4.16. The maximum atomic E-state index is 12.8. The maximum absolute atomic E-state index is 12.8. The van der Waals surface area contributed by atoms with Crippen LogP contribution < -0.4 is 5.43 Å². The Morgan fingerprint density at radius 3 is 2.14 bits per heavy atom. The van der Waals surface area contributed by atoms with Gasteiger partial charge in [-0.1, -0.05) is 89.9 Å². The highest BCUT2D eigenvalue weighted by Gasteiger charge is 2.60. The number of carbonyl (C=O) groups excluding carboxylic acids is 1. The highest BCUT2D eigenvalue weighted by molar-refractivity contribution is 6.36. The molecular weight excluding hydrogens is 391 g/mol. The number of amides is 1. The molecule has 1 atom stereocenters. The van der Waals surface area contributed by atoms with E-state index in [-0.39, 0.29) is 17.2 Å². The second-order valence-corrected chi connectivity index (χ2v) is 7.70. The van der Waals surface area contributed by atoms with Crippen LogP contribution in [-0.4, -0.2) is 12.1 Å². The van der Waals surface area contributed by atoms with Gasteiger partial charge in [0.05, 0.1) is 17.2 Å². The molecule has 1 N–H and O–H groups in total. The fourth-order valence-electron chi connectivity index (χ4n) is 3.70. The Balaban J connectivity index is 1.54. The highest BCUT2D eigenvalue weighted by Crippen LogP contribution is 2.58. The average molecular weight is 409 g/mol. The number of hydrogen-bond donors (Lipinski definition) is 1. The Morgan fingerprint density at radius 2 is 1.57 bits per heavy atom. The summed E-state index contributed by atoms with van der Waals surface area (Å²) in [5.41, 5.74) is 5.35. The summed E-state index contributed by atoms with van der Waals surface area (Å²) in [5.74, 6) is -0.274. The molecule has 3 nitrogen and oxygen atoms in total. The maximum Gasteiger partial charge on any atom is 0.244 e. The van der Waals surface area contributed by atoms with Crippen molar-refractivity contribution in [2.24, 2.45) is 11.0 Å². The molecule has 1 amide bonds. The van der Waals surface area contributed by atoms with Crippen LogP contribution in [0.2, 0.25) is 10.0 Å². The minimum atomic E-state index is -0.306. The smallest absolute Gasteiger partial charge is 0.244 e. The summed E-state index contributed by atoms with van der Waals surface area (Å²) in [7, 11) is 0. The van der Waals surface area contributed by atoms with Gasteiger partial charge in [0.15, 0.2) is 0 Å². The first-order chi connectivity index (χ1) is 13.6. The number of carbonyl (C=O) groups is 1. The van der Waals surface area contributed by atoms with Gasteiger partial charge in [-0.2, -0.15) is 5.10 Å². The van der Waals surface area contributed by atoms with Crippen molar-refractivity contribution < 1.29 is 4.79 Å². The van der Waals surface area contributed by atoms with E-state index in [2.05, 4.69) is 34.8 Å². The molecule has 1 aliphatic carbocycles. The minimum Gasteiger partial charge on any atom is -0.273 e. The number of benzene rings is 3. The first kappa shape index (κ1) is 18.7. The topological polar surface area (TPSA) is 41.5 Å². The molecule has 0 bridgehead atoms. The number of halogens is 2. The summed E-state index contributed by atoms with van der Waals surface area (Å²) in [5, 5.41) is 5.14. The Labute approximate surface area is 174 Å². The lowest BCUT2D eigenvalue weighted by Gasteiger charge is -2.18. The third kappa shape index (κ3) is 3.56. The predicted octanol–water partition coefficient (Wildman–Crippen LogP) is 5.45. The van der Waals surface area contributed by atoms with Crippen LogP contribution in [0.25, 0.3) is 0 Å². The van der Waals surface area contributed by atoms with E-state index in [1.807, 2.05) is 36.4 Å². The van der Waals surface area contributed by atoms with E-state index >= 15 is 0 Å². The summed E-state index contributed by atoms with van der Waals surface area (Å²) < 4.78 is 0. The van der Waals surface area contributed by atoms with E-state index < -0.39 is 0 Å². The molecule has 28 heavy (non-hydrogen) atoms. The third-order valence-electron chi connectivity index (χ3n) is 5.20. The molecule has 4 rings (SSSR count). The number of nitrogens with zero attached hydrogens (tertiary/aromatic N) is 1. The molecule has 0 saturated heterocycles. The Kier molecular flexibility index (Phi) is 5.21. The summed E-state index contributed by atoms with van der Waals surface area (Å²) in [6.45, 7) is 0. The lowest BCUT2D eigenvalue weighted by molar-refractivity contribution is -0.122. The molecule has 0 radical (unpaired) electrons. The zero-order valence-corrected chi connectivity index (χ0v) is 16.5. The first-order valence-electron chi connectivity index (χ1n) is 9.00. The highest BCUT2D eigenvalue weighted by atomic mass is 35.5. The van der Waals surface area contributed by atoms with Crippen molar-refractivity contribution in [1.82, 2.24) is 5.43 Å². The molecule has 5 heteroatoms. The zero-order valence-electron chi connectivity index (χ0n) is 15.0. The number of rotatable bonds is 5. The monoisotopic (exact) mass is 408 g/mol. The van der Waals surface area contributed by atoms with Gasteiger partial charge >= 0.3 is 0 Å². The molecule has 1 saturated carbocycles. The third-order valence-corrected chi connectivity index (χ3v) is 5.76. The summed E-state index contributed by atoms with van der Waals surface area (Å²) in [6.07, 6.45) is 2.29. The molecule has 3 aromatic carbocycles. The Morgan fingerprint density at radius 1 is 0.964 bits per heavy atom. The van der Waals surface area contributed by atoms with E-state index in [1.165, 1.54) is 6.21 Å². The molecule has 0 aromatic heterocycles. The van der Waals surface area contributed by atoms with Crippen LogP contribution in [-0.2, 0) is 10.2 Å². The first-order valence-corrected chi connectivity index (χ1v) is 9.76. The van der Waals surface area contributed by atoms with E-state index in [4.69, 9.17) is 23.2 Å². The Hall–Kier alpha value is -2.62. The van der Waals surface area contributed by atoms with Crippen LogP contribution >= 0.6 is 23.2 Å². The van der Waals surface area contributed by atoms with Crippen molar-refractivity contribution in [3.05, 3.63) is 106 Å². The van der Waals surface area contributed by atoms with Crippen LogP contribution in [0.5, 0.6) is 0 Å². The van der Waals surface area contributed by atoms with Crippen molar-refractivity contribution in [3.63, 3.8) is 0 Å². The zero-order chi connectivity index (χ0) is 19.6. The van der Waals surface area contributed by atoms with Gasteiger partial charge in [0.1, 0.15) is 0 Å². The molecule has 0 heterocycles. The van der Waals surface area contributed by atoms with Crippen molar-refractivity contribution in [2.45, 2.75) is 11.8 Å². The number of hydrazone groups is 1. The Bertz CT molecular complexity index is 980. The van der Waals surface area contributed by atoms with Gasteiger partial charge in [-0.15, -0.1) is 0 Å². The van der Waals surface area contributed by atoms with Gasteiger partial charge in [0, 0.05) is 16.0 Å². The summed E-state index contributed by atoms with van der Waals surface area (Å²) >= 11 is 12.0. The van der Waals surface area contributed by atoms with E-state index in [9.17, 15) is 4.79 Å². The van der Waals surface area contributed by atoms with Gasteiger partial charge in [0.25, 0.3) is 0 Å². The number of nitrogens with one attached hydrogen (secondary N) is 1. The number of hydrogen-bond acceptors (Lipinski definition) is 2. The molecule has 3 aromatic rings. The van der Waals surface area contributed by atoms with Gasteiger partial charge in [0.2, 0.25) is 5.91 Å². The normalized spacial score (nSPS) is 17.4. The van der Waals surface area contributed by atoms with Gasteiger partial charge in [-0.3, -0.25) is 4.79 Å². The van der Waals surface area contributed by atoms with Gasteiger partial charge in [-0.05, 0) is 29.7 Å². The van der Waals surface area contributed by atoms with Crippen molar-refractivity contribution in [1.29, 1.82) is 0 Å². The van der Waals surface area contributed by atoms with E-state index in [0.29, 0.717) is 15.6 Å². The van der Waals surface area contributed by atoms with Crippen molar-refractivity contribution >= 4 is 35.3 Å². The standard InChI is InChI=1S/C23H18Cl2N2O/c24-19-12-11-16(21(25)13-19)15-26-27-22(28)20-14-23(20,17-7-3-1-4-8-17)18-9-5-2-6-10-18/h1-13,15,20H,14H2,(H,27,28). The molecular formula is C23H18Cl2N2O. The molecule has 0 spiro atoms. The van der Waals surface area contributed by atoms with Crippen LogP contribution in [0.3, 0.4) is 0 Å². The second-order valence-electron chi connectivity index (χ2n) is 6.86. The summed E-state index contributed by atoms with van der Waals surface area (Å²) in [6, 6.07) is 25.5. The van der Waals surface area contributed by atoms with Gasteiger partial charge in [-0.25, -0.2) is 5.43 Å².